The van der Waals surface area contributed by atoms with Gasteiger partial charge in [-0.15, -0.1) is 0 Å². The molecule has 3 amide bonds. The number of rotatable bonds is 15. The number of nitrogens with one attached hydrogen (secondary N) is 2. The van der Waals surface area contributed by atoms with Gasteiger partial charge in [0, 0.05) is 37.1 Å². The van der Waals surface area contributed by atoms with E-state index in [1.807, 2.05) is 91.9 Å². The van der Waals surface area contributed by atoms with Crippen molar-refractivity contribution < 1.29 is 24.2 Å². The molecule has 1 aromatic heterocycles. The molecule has 0 fully saturated rings. The molecule has 3 aromatic carbocycles. The van der Waals surface area contributed by atoms with E-state index in [1.54, 1.807) is 4.90 Å². The van der Waals surface area contributed by atoms with Gasteiger partial charge in [-0.3, -0.25) is 9.59 Å². The van der Waals surface area contributed by atoms with Crippen molar-refractivity contribution in [1.29, 1.82) is 0 Å². The third kappa shape index (κ3) is 9.46. The Bertz CT molecular complexity index is 1430. The smallest absolute Gasteiger partial charge is 0.405 e. The number of carbonyl (C=O) groups excluding carboxylic acids is 2. The summed E-state index contributed by atoms with van der Waals surface area (Å²) >= 11 is 0. The van der Waals surface area contributed by atoms with Crippen molar-refractivity contribution in [3.8, 4) is 5.75 Å². The van der Waals surface area contributed by atoms with E-state index in [4.69, 9.17) is 4.74 Å². The van der Waals surface area contributed by atoms with Crippen molar-refractivity contribution >= 4 is 23.6 Å². The Morgan fingerprint density at radius 2 is 1.65 bits per heavy atom. The number of aromatic nitrogens is 2. The summed E-state index contributed by atoms with van der Waals surface area (Å²) in [5.41, 5.74) is 3.14. The van der Waals surface area contributed by atoms with Gasteiger partial charge in [0.1, 0.15) is 24.9 Å². The Balaban J connectivity index is 1.55. The molecule has 0 radical (unpaired) electrons. The van der Waals surface area contributed by atoms with Crippen molar-refractivity contribution in [3.63, 3.8) is 0 Å². The molecule has 1 unspecified atom stereocenters. The summed E-state index contributed by atoms with van der Waals surface area (Å²) < 4.78 is 5.90. The Morgan fingerprint density at radius 1 is 0.953 bits per heavy atom. The van der Waals surface area contributed by atoms with Gasteiger partial charge in [-0.1, -0.05) is 74.0 Å². The number of para-hydroxylation sites is 1. The van der Waals surface area contributed by atoms with Crippen molar-refractivity contribution in [1.82, 2.24) is 20.2 Å². The first-order valence-corrected chi connectivity index (χ1v) is 14.3. The predicted molar refractivity (Wildman–Crippen MR) is 164 cm³/mol. The second-order valence-corrected chi connectivity index (χ2v) is 10.1. The Morgan fingerprint density at radius 3 is 2.28 bits per heavy atom. The summed E-state index contributed by atoms with van der Waals surface area (Å²) in [6.07, 6.45) is 3.41. The molecule has 0 bridgehead atoms. The van der Waals surface area contributed by atoms with Gasteiger partial charge >= 0.3 is 6.09 Å². The van der Waals surface area contributed by atoms with E-state index in [9.17, 15) is 19.5 Å². The number of aromatic amines is 1. The molecule has 0 spiro atoms. The molecule has 1 heterocycles. The minimum absolute atomic E-state index is 0.0559. The molecular formula is C33H37N5O5. The van der Waals surface area contributed by atoms with E-state index in [2.05, 4.69) is 15.3 Å². The number of unbranched alkanes of at least 4 members (excludes halogenated alkanes) is 1. The molecule has 10 nitrogen and oxygen atoms in total. The molecule has 224 valence electrons. The van der Waals surface area contributed by atoms with Crippen molar-refractivity contribution in [3.05, 3.63) is 114 Å². The van der Waals surface area contributed by atoms with Gasteiger partial charge < -0.3 is 29.9 Å². The quantitative estimate of drug-likeness (QED) is 0.180. The van der Waals surface area contributed by atoms with Gasteiger partial charge in [0.15, 0.2) is 0 Å². The molecule has 4 rings (SSSR count). The van der Waals surface area contributed by atoms with E-state index in [-0.39, 0.29) is 25.4 Å². The molecule has 0 saturated carbocycles. The van der Waals surface area contributed by atoms with Crippen molar-refractivity contribution in [2.45, 2.75) is 45.4 Å². The fraction of sp³-hybridized carbons (Fsp3) is 0.273. The fourth-order valence-electron chi connectivity index (χ4n) is 4.62. The van der Waals surface area contributed by atoms with Crippen molar-refractivity contribution in [2.75, 3.05) is 18.0 Å². The van der Waals surface area contributed by atoms with Gasteiger partial charge in [-0.2, -0.15) is 0 Å². The minimum atomic E-state index is -1.34. The van der Waals surface area contributed by atoms with Crippen LogP contribution in [-0.2, 0) is 29.2 Å². The first kappa shape index (κ1) is 30.8. The van der Waals surface area contributed by atoms with Crippen LogP contribution < -0.4 is 15.0 Å². The van der Waals surface area contributed by atoms with Crippen LogP contribution >= 0.6 is 0 Å². The summed E-state index contributed by atoms with van der Waals surface area (Å²) in [5.74, 6) is -0.106. The van der Waals surface area contributed by atoms with E-state index in [1.165, 1.54) is 17.4 Å². The lowest BCUT2D eigenvalue weighted by Gasteiger charge is -2.30. The monoisotopic (exact) mass is 583 g/mol. The van der Waals surface area contributed by atoms with Crippen LogP contribution in [-0.4, -0.2) is 57.0 Å². The van der Waals surface area contributed by atoms with Crippen molar-refractivity contribution in [2.24, 2.45) is 0 Å². The normalized spacial score (nSPS) is 11.4. The highest BCUT2D eigenvalue weighted by atomic mass is 16.5. The standard InChI is InChI=1S/C33H37N5O5/c1-2-3-18-38(28-12-8-5-9-13-28)31(39)22-37(32(40)30(36-33(41)42)19-27-20-34-24-35-27)21-25-14-16-29(17-15-25)43-23-26-10-6-4-7-11-26/h4-17,20,24,30,36H,2-3,18-19,21-23H2,1H3,(H,34,35)(H,41,42). The van der Waals surface area contributed by atoms with Crippen LogP contribution in [0.1, 0.15) is 36.6 Å². The van der Waals surface area contributed by atoms with Gasteiger partial charge in [0.25, 0.3) is 0 Å². The zero-order chi connectivity index (χ0) is 30.4. The lowest BCUT2D eigenvalue weighted by Crippen LogP contribution is -2.52. The number of nitrogens with zero attached hydrogens (tertiary/aromatic N) is 3. The third-order valence-electron chi connectivity index (χ3n) is 6.86. The number of carbonyl (C=O) groups is 3. The first-order chi connectivity index (χ1) is 20.9. The molecular weight excluding hydrogens is 546 g/mol. The Kier molecular flexibility index (Phi) is 11.3. The maximum absolute atomic E-state index is 13.9. The summed E-state index contributed by atoms with van der Waals surface area (Å²) in [4.78, 5) is 49.3. The maximum Gasteiger partial charge on any atom is 0.405 e. The van der Waals surface area contributed by atoms with Gasteiger partial charge in [-0.25, -0.2) is 9.78 Å². The van der Waals surface area contributed by atoms with E-state index in [0.717, 1.165) is 29.7 Å². The van der Waals surface area contributed by atoms with Gasteiger partial charge in [0.05, 0.1) is 6.33 Å². The third-order valence-corrected chi connectivity index (χ3v) is 6.86. The predicted octanol–water partition coefficient (Wildman–Crippen LogP) is 5.03. The SMILES string of the molecule is CCCCN(C(=O)CN(Cc1ccc(OCc2ccccc2)cc1)C(=O)C(Cc1cnc[nH]1)NC(=O)O)c1ccccc1. The maximum atomic E-state index is 13.9. The lowest BCUT2D eigenvalue weighted by molar-refractivity contribution is -0.137. The zero-order valence-electron chi connectivity index (χ0n) is 24.2. The van der Waals surface area contributed by atoms with Gasteiger partial charge in [0.2, 0.25) is 11.8 Å². The summed E-state index contributed by atoms with van der Waals surface area (Å²) in [7, 11) is 0. The molecule has 43 heavy (non-hydrogen) atoms. The molecule has 0 aliphatic carbocycles. The number of anilines is 1. The molecule has 1 atom stereocenters. The van der Waals surface area contributed by atoms with Crippen LogP contribution in [0.4, 0.5) is 10.5 Å². The molecule has 0 aliphatic rings. The number of amides is 3. The first-order valence-electron chi connectivity index (χ1n) is 14.3. The largest absolute Gasteiger partial charge is 0.489 e. The van der Waals surface area contributed by atoms with E-state index in [0.29, 0.717) is 24.6 Å². The summed E-state index contributed by atoms with van der Waals surface area (Å²) in [5, 5.41) is 11.8. The van der Waals surface area contributed by atoms with E-state index >= 15 is 0 Å². The highest BCUT2D eigenvalue weighted by Gasteiger charge is 2.30. The van der Waals surface area contributed by atoms with Crippen LogP contribution in [0.2, 0.25) is 0 Å². The number of imidazole rings is 1. The van der Waals surface area contributed by atoms with Gasteiger partial charge in [-0.05, 0) is 41.8 Å². The number of carboxylic acid groups (broad SMARTS) is 1. The van der Waals surface area contributed by atoms with Crippen LogP contribution in [0.5, 0.6) is 5.75 Å². The average Bonchev–Trinajstić information content (AvgIpc) is 3.54. The molecule has 4 aromatic rings. The average molecular weight is 584 g/mol. The second kappa shape index (κ2) is 15.8. The number of hydrogen-bond donors (Lipinski definition) is 3. The lowest BCUT2D eigenvalue weighted by atomic mass is 10.1. The van der Waals surface area contributed by atoms with Crippen LogP contribution in [0.3, 0.4) is 0 Å². The Hall–Kier alpha value is -5.12. The summed E-state index contributed by atoms with van der Waals surface area (Å²) in [6.45, 7) is 2.84. The van der Waals surface area contributed by atoms with Crippen LogP contribution in [0.15, 0.2) is 97.5 Å². The molecule has 0 aliphatic heterocycles. The van der Waals surface area contributed by atoms with Crippen LogP contribution in [0.25, 0.3) is 0 Å². The zero-order valence-corrected chi connectivity index (χ0v) is 24.2. The topological polar surface area (TPSA) is 128 Å². The number of H-pyrrole nitrogens is 1. The highest BCUT2D eigenvalue weighted by molar-refractivity contribution is 5.97. The molecule has 3 N–H and O–H groups in total. The molecule has 10 heteroatoms. The second-order valence-electron chi connectivity index (χ2n) is 10.1. The highest BCUT2D eigenvalue weighted by Crippen LogP contribution is 2.19. The Labute approximate surface area is 251 Å². The fourth-order valence-corrected chi connectivity index (χ4v) is 4.62. The number of benzene rings is 3. The minimum Gasteiger partial charge on any atom is -0.489 e. The van der Waals surface area contributed by atoms with Crippen LogP contribution in [0, 0.1) is 0 Å². The summed E-state index contributed by atoms with van der Waals surface area (Å²) in [6, 6.07) is 25.3. The number of hydrogen-bond acceptors (Lipinski definition) is 5. The number of ether oxygens (including phenoxy) is 1. The van der Waals surface area contributed by atoms with E-state index < -0.39 is 18.0 Å². The molecule has 0 saturated heterocycles.